The maximum atomic E-state index is 8.97. The van der Waals surface area contributed by atoms with Gasteiger partial charge in [-0.1, -0.05) is 12.1 Å². The largest absolute Gasteiger partial charge is 0.508 e. The van der Waals surface area contributed by atoms with Crippen LogP contribution in [0, 0.1) is 0 Å². The SMILES string of the molecule is Cl.Cl.NNCc1cccc(O)c1. The van der Waals surface area contributed by atoms with E-state index < -0.39 is 0 Å². The minimum atomic E-state index is 0. The van der Waals surface area contributed by atoms with E-state index in [1.165, 1.54) is 0 Å². The summed E-state index contributed by atoms with van der Waals surface area (Å²) in [6.07, 6.45) is 0. The molecule has 0 aliphatic heterocycles. The molecular weight excluding hydrogens is 199 g/mol. The lowest BCUT2D eigenvalue weighted by Crippen LogP contribution is -2.20. The molecule has 3 nitrogen and oxygen atoms in total. The van der Waals surface area contributed by atoms with Crippen molar-refractivity contribution in [2.24, 2.45) is 5.84 Å². The van der Waals surface area contributed by atoms with Gasteiger partial charge in [0.1, 0.15) is 5.75 Å². The van der Waals surface area contributed by atoms with Gasteiger partial charge < -0.3 is 5.11 Å². The van der Waals surface area contributed by atoms with Crippen molar-refractivity contribution in [3.05, 3.63) is 29.8 Å². The highest BCUT2D eigenvalue weighted by molar-refractivity contribution is 5.85. The number of nitrogens with one attached hydrogen (secondary N) is 1. The lowest BCUT2D eigenvalue weighted by atomic mass is 10.2. The Labute approximate surface area is 83.8 Å². The number of phenolic OH excluding ortho intramolecular Hbond substituents is 1. The number of rotatable bonds is 2. The molecule has 0 bridgehead atoms. The molecule has 0 aliphatic rings. The van der Waals surface area contributed by atoms with E-state index >= 15 is 0 Å². The normalized spacial score (nSPS) is 8.08. The number of aromatic hydroxyl groups is 1. The summed E-state index contributed by atoms with van der Waals surface area (Å²) < 4.78 is 0. The monoisotopic (exact) mass is 210 g/mol. The summed E-state index contributed by atoms with van der Waals surface area (Å²) in [5, 5.41) is 8.97. The van der Waals surface area contributed by atoms with Gasteiger partial charge in [-0.05, 0) is 17.7 Å². The molecule has 0 saturated carbocycles. The Balaban J connectivity index is 0. The van der Waals surface area contributed by atoms with Crippen molar-refractivity contribution in [3.8, 4) is 5.75 Å². The van der Waals surface area contributed by atoms with Crippen molar-refractivity contribution in [3.63, 3.8) is 0 Å². The molecule has 0 atom stereocenters. The Hall–Kier alpha value is -0.480. The molecule has 0 aromatic heterocycles. The smallest absolute Gasteiger partial charge is 0.115 e. The summed E-state index contributed by atoms with van der Waals surface area (Å²) in [5.41, 5.74) is 3.47. The summed E-state index contributed by atoms with van der Waals surface area (Å²) in [7, 11) is 0. The third-order valence-corrected chi connectivity index (χ3v) is 1.22. The molecule has 0 spiro atoms. The van der Waals surface area contributed by atoms with Crippen LogP contribution >= 0.6 is 24.8 Å². The summed E-state index contributed by atoms with van der Waals surface area (Å²) in [4.78, 5) is 0. The molecule has 70 valence electrons. The second kappa shape index (κ2) is 7.18. The molecular formula is C7H12Cl2N2O. The number of hydrazine groups is 1. The zero-order valence-corrected chi connectivity index (χ0v) is 7.99. The van der Waals surface area contributed by atoms with Gasteiger partial charge in [-0.3, -0.25) is 11.3 Å². The zero-order valence-electron chi connectivity index (χ0n) is 6.36. The van der Waals surface area contributed by atoms with Gasteiger partial charge in [-0.25, -0.2) is 0 Å². The van der Waals surface area contributed by atoms with Gasteiger partial charge in [0.25, 0.3) is 0 Å². The average Bonchev–Trinajstić information content (AvgIpc) is 1.88. The Bertz CT molecular complexity index is 220. The molecule has 0 amide bonds. The van der Waals surface area contributed by atoms with Crippen molar-refractivity contribution in [1.82, 2.24) is 5.43 Å². The van der Waals surface area contributed by atoms with Crippen molar-refractivity contribution >= 4 is 24.8 Å². The summed E-state index contributed by atoms with van der Waals surface area (Å²) in [6.45, 7) is 0.578. The number of hydrogen-bond donors (Lipinski definition) is 3. The van der Waals surface area contributed by atoms with Gasteiger partial charge in [0.15, 0.2) is 0 Å². The van der Waals surface area contributed by atoms with Crippen LogP contribution in [0.2, 0.25) is 0 Å². The van der Waals surface area contributed by atoms with Crippen LogP contribution in [0.1, 0.15) is 5.56 Å². The van der Waals surface area contributed by atoms with Crippen molar-refractivity contribution in [2.45, 2.75) is 6.54 Å². The first-order valence-corrected chi connectivity index (χ1v) is 3.04. The topological polar surface area (TPSA) is 58.3 Å². The van der Waals surface area contributed by atoms with Gasteiger partial charge in [-0.15, -0.1) is 24.8 Å². The predicted molar refractivity (Wildman–Crippen MR) is 53.6 cm³/mol. The molecule has 5 heteroatoms. The average molecular weight is 211 g/mol. The summed E-state index contributed by atoms with van der Waals surface area (Å²) >= 11 is 0. The van der Waals surface area contributed by atoms with E-state index in [2.05, 4.69) is 5.43 Å². The van der Waals surface area contributed by atoms with E-state index in [-0.39, 0.29) is 30.6 Å². The lowest BCUT2D eigenvalue weighted by molar-refractivity contribution is 0.474. The van der Waals surface area contributed by atoms with Crippen LogP contribution in [0.25, 0.3) is 0 Å². The molecule has 0 fully saturated rings. The molecule has 0 saturated heterocycles. The van der Waals surface area contributed by atoms with Crippen LogP contribution in [0.3, 0.4) is 0 Å². The maximum Gasteiger partial charge on any atom is 0.115 e. The minimum absolute atomic E-state index is 0. The number of nitrogens with two attached hydrogens (primary N) is 1. The Morgan fingerprint density at radius 2 is 2.00 bits per heavy atom. The van der Waals surface area contributed by atoms with E-state index in [1.54, 1.807) is 18.2 Å². The number of phenols is 1. The first-order valence-electron chi connectivity index (χ1n) is 3.04. The second-order valence-electron chi connectivity index (χ2n) is 2.05. The highest BCUT2D eigenvalue weighted by Gasteiger charge is 1.90. The Kier molecular flexibility index (Phi) is 8.42. The number of benzene rings is 1. The van der Waals surface area contributed by atoms with Crippen molar-refractivity contribution in [1.29, 1.82) is 0 Å². The Morgan fingerprint density at radius 3 is 2.50 bits per heavy atom. The summed E-state index contributed by atoms with van der Waals surface area (Å²) in [6, 6.07) is 6.96. The standard InChI is InChI=1S/C7H10N2O.2ClH/c8-9-5-6-2-1-3-7(10)4-6;;/h1-4,9-10H,5,8H2;2*1H. The third-order valence-electron chi connectivity index (χ3n) is 1.22. The van der Waals surface area contributed by atoms with Crippen LogP contribution in [0.4, 0.5) is 0 Å². The second-order valence-corrected chi connectivity index (χ2v) is 2.05. The fourth-order valence-corrected chi connectivity index (χ4v) is 0.784. The molecule has 12 heavy (non-hydrogen) atoms. The van der Waals surface area contributed by atoms with E-state index in [0.717, 1.165) is 5.56 Å². The van der Waals surface area contributed by atoms with E-state index in [0.29, 0.717) is 6.54 Å². The van der Waals surface area contributed by atoms with Gasteiger partial charge >= 0.3 is 0 Å². The van der Waals surface area contributed by atoms with Crippen LogP contribution in [0.5, 0.6) is 5.75 Å². The molecule has 0 aliphatic carbocycles. The summed E-state index contributed by atoms with van der Waals surface area (Å²) in [5.74, 6) is 5.35. The maximum absolute atomic E-state index is 8.97. The fraction of sp³-hybridized carbons (Fsp3) is 0.143. The van der Waals surface area contributed by atoms with Crippen LogP contribution in [0.15, 0.2) is 24.3 Å². The highest BCUT2D eigenvalue weighted by atomic mass is 35.5. The van der Waals surface area contributed by atoms with E-state index in [1.807, 2.05) is 6.07 Å². The highest BCUT2D eigenvalue weighted by Crippen LogP contribution is 2.09. The molecule has 1 rings (SSSR count). The first kappa shape index (κ1) is 14.1. The van der Waals surface area contributed by atoms with Crippen LogP contribution in [-0.2, 0) is 6.54 Å². The first-order chi connectivity index (χ1) is 4.83. The van der Waals surface area contributed by atoms with Gasteiger partial charge in [-0.2, -0.15) is 0 Å². The van der Waals surface area contributed by atoms with Crippen LogP contribution < -0.4 is 11.3 Å². The molecule has 1 aromatic rings. The van der Waals surface area contributed by atoms with Crippen LogP contribution in [-0.4, -0.2) is 5.11 Å². The predicted octanol–water partition coefficient (Wildman–Crippen LogP) is 1.20. The van der Waals surface area contributed by atoms with E-state index in [4.69, 9.17) is 10.9 Å². The molecule has 4 N–H and O–H groups in total. The zero-order chi connectivity index (χ0) is 7.40. The lowest BCUT2D eigenvalue weighted by Gasteiger charge is -1.98. The van der Waals surface area contributed by atoms with E-state index in [9.17, 15) is 0 Å². The fourth-order valence-electron chi connectivity index (χ4n) is 0.784. The van der Waals surface area contributed by atoms with Gasteiger partial charge in [0.05, 0.1) is 0 Å². The molecule has 0 heterocycles. The molecule has 1 aromatic carbocycles. The van der Waals surface area contributed by atoms with Gasteiger partial charge in [0, 0.05) is 6.54 Å². The van der Waals surface area contributed by atoms with Crippen molar-refractivity contribution < 1.29 is 5.11 Å². The third kappa shape index (κ3) is 4.41. The molecule has 0 unspecified atom stereocenters. The minimum Gasteiger partial charge on any atom is -0.508 e. The Morgan fingerprint density at radius 1 is 1.33 bits per heavy atom. The van der Waals surface area contributed by atoms with Gasteiger partial charge in [0.2, 0.25) is 0 Å². The quantitative estimate of drug-likeness (QED) is 0.508. The molecule has 0 radical (unpaired) electrons. The van der Waals surface area contributed by atoms with Crippen molar-refractivity contribution in [2.75, 3.05) is 0 Å². The number of hydrogen-bond acceptors (Lipinski definition) is 3. The number of halogens is 2.